The maximum atomic E-state index is 12.6. The molecule has 0 heterocycles. The number of benzene rings is 1. The summed E-state index contributed by atoms with van der Waals surface area (Å²) >= 11 is 0. The molecule has 4 unspecified atom stereocenters. The zero-order valence-electron chi connectivity index (χ0n) is 12.9. The second kappa shape index (κ2) is 5.86. The fourth-order valence-electron chi connectivity index (χ4n) is 4.73. The average Bonchev–Trinajstić information content (AvgIpc) is 2.87. The molecule has 4 rings (SSSR count). The van der Waals surface area contributed by atoms with Crippen molar-refractivity contribution in [2.75, 3.05) is 6.54 Å². The summed E-state index contributed by atoms with van der Waals surface area (Å²) < 4.78 is 0. The van der Waals surface area contributed by atoms with E-state index in [-0.39, 0.29) is 29.6 Å². The van der Waals surface area contributed by atoms with E-state index >= 15 is 0 Å². The quantitative estimate of drug-likeness (QED) is 0.899. The van der Waals surface area contributed by atoms with Crippen LogP contribution in [0, 0.1) is 11.8 Å². The number of rotatable bonds is 3. The van der Waals surface area contributed by atoms with Gasteiger partial charge in [0.15, 0.2) is 0 Å². The molecule has 1 amide bonds. The maximum absolute atomic E-state index is 12.6. The van der Waals surface area contributed by atoms with E-state index < -0.39 is 0 Å². The third kappa shape index (κ3) is 2.35. The topological polar surface area (TPSA) is 55.1 Å². The predicted octanol–water partition coefficient (Wildman–Crippen LogP) is 2.56. The first-order valence-electron chi connectivity index (χ1n) is 8.33. The molecular formula is C18H25ClN2O. The van der Waals surface area contributed by atoms with E-state index in [1.54, 1.807) is 0 Å². The summed E-state index contributed by atoms with van der Waals surface area (Å²) in [5, 5.41) is 3.30. The van der Waals surface area contributed by atoms with Gasteiger partial charge in [-0.05, 0) is 55.7 Å². The Hall–Kier alpha value is -1.06. The van der Waals surface area contributed by atoms with E-state index in [2.05, 4.69) is 29.6 Å². The van der Waals surface area contributed by atoms with Gasteiger partial charge in [-0.15, -0.1) is 12.4 Å². The summed E-state index contributed by atoms with van der Waals surface area (Å²) in [6, 6.07) is 8.99. The normalized spacial score (nSPS) is 35.0. The van der Waals surface area contributed by atoms with Crippen molar-refractivity contribution in [2.45, 2.75) is 50.0 Å². The average molecular weight is 321 g/mol. The zero-order valence-corrected chi connectivity index (χ0v) is 13.7. The monoisotopic (exact) mass is 320 g/mol. The highest BCUT2D eigenvalue weighted by Crippen LogP contribution is 2.61. The van der Waals surface area contributed by atoms with Crippen LogP contribution in [0.1, 0.15) is 43.2 Å². The van der Waals surface area contributed by atoms with Crippen LogP contribution in [0.4, 0.5) is 0 Å². The van der Waals surface area contributed by atoms with Gasteiger partial charge in [0, 0.05) is 17.4 Å². The highest BCUT2D eigenvalue weighted by molar-refractivity contribution is 5.85. The fraction of sp³-hybridized carbons (Fsp3) is 0.611. The number of fused-ring (bicyclic) bond motifs is 2. The number of hydrogen-bond donors (Lipinski definition) is 2. The molecule has 1 aromatic rings. The van der Waals surface area contributed by atoms with Crippen LogP contribution < -0.4 is 11.1 Å². The van der Waals surface area contributed by atoms with Crippen LogP contribution in [-0.2, 0) is 16.6 Å². The minimum Gasteiger partial charge on any atom is -0.353 e. The van der Waals surface area contributed by atoms with E-state index in [9.17, 15) is 4.79 Å². The first-order chi connectivity index (χ1) is 10.2. The molecule has 120 valence electrons. The molecule has 3 aliphatic rings. The number of carbonyl (C=O) groups excluding carboxylic acids is 1. The molecule has 3 aliphatic carbocycles. The second-order valence-corrected chi connectivity index (χ2v) is 7.11. The van der Waals surface area contributed by atoms with Gasteiger partial charge >= 0.3 is 0 Å². The Labute approximate surface area is 138 Å². The smallest absolute Gasteiger partial charge is 0.224 e. The Morgan fingerprint density at radius 3 is 2.95 bits per heavy atom. The van der Waals surface area contributed by atoms with E-state index in [1.807, 2.05) is 0 Å². The van der Waals surface area contributed by atoms with Crippen molar-refractivity contribution in [3.8, 4) is 0 Å². The third-order valence-corrected chi connectivity index (χ3v) is 6.08. The van der Waals surface area contributed by atoms with Crippen molar-refractivity contribution in [2.24, 2.45) is 17.6 Å². The van der Waals surface area contributed by atoms with Gasteiger partial charge in [-0.3, -0.25) is 4.79 Å². The highest BCUT2D eigenvalue weighted by Gasteiger charge is 2.61. The summed E-state index contributed by atoms with van der Waals surface area (Å²) in [7, 11) is 0. The molecule has 2 fully saturated rings. The first kappa shape index (κ1) is 15.8. The van der Waals surface area contributed by atoms with Gasteiger partial charge in [-0.2, -0.15) is 0 Å². The Bertz CT molecular complexity index is 576. The Kier molecular flexibility index (Phi) is 4.21. The number of carbonyl (C=O) groups is 1. The molecule has 1 aromatic carbocycles. The van der Waals surface area contributed by atoms with Crippen molar-refractivity contribution >= 4 is 18.3 Å². The van der Waals surface area contributed by atoms with E-state index in [4.69, 9.17) is 5.73 Å². The van der Waals surface area contributed by atoms with E-state index in [1.165, 1.54) is 24.0 Å². The van der Waals surface area contributed by atoms with E-state index in [0.29, 0.717) is 18.5 Å². The van der Waals surface area contributed by atoms with Crippen LogP contribution in [0.3, 0.4) is 0 Å². The van der Waals surface area contributed by atoms with Crippen LogP contribution in [0.15, 0.2) is 24.3 Å². The molecule has 0 aliphatic heterocycles. The van der Waals surface area contributed by atoms with Crippen LogP contribution in [0.2, 0.25) is 0 Å². The minimum atomic E-state index is 0. The fourth-order valence-corrected chi connectivity index (χ4v) is 4.73. The zero-order chi connectivity index (χ0) is 14.4. The first-order valence-corrected chi connectivity index (χ1v) is 8.33. The summed E-state index contributed by atoms with van der Waals surface area (Å²) in [6.45, 7) is 0.698. The van der Waals surface area contributed by atoms with Crippen molar-refractivity contribution < 1.29 is 4.79 Å². The molecule has 2 saturated carbocycles. The lowest BCUT2D eigenvalue weighted by Crippen LogP contribution is -2.41. The van der Waals surface area contributed by atoms with Crippen LogP contribution >= 0.6 is 12.4 Å². The lowest BCUT2D eigenvalue weighted by molar-refractivity contribution is -0.123. The lowest BCUT2D eigenvalue weighted by atomic mass is 9.95. The number of nitrogens with one attached hydrogen (secondary N) is 1. The van der Waals surface area contributed by atoms with Crippen molar-refractivity contribution in [1.29, 1.82) is 0 Å². The molecule has 0 radical (unpaired) electrons. The summed E-state index contributed by atoms with van der Waals surface area (Å²) in [4.78, 5) is 12.6. The minimum absolute atomic E-state index is 0. The molecular weight excluding hydrogens is 296 g/mol. The van der Waals surface area contributed by atoms with Crippen LogP contribution in [0.25, 0.3) is 0 Å². The molecule has 3 nitrogen and oxygen atoms in total. The second-order valence-electron chi connectivity index (χ2n) is 7.11. The number of amides is 1. The molecule has 4 heteroatoms. The Balaban J connectivity index is 0.00000144. The van der Waals surface area contributed by atoms with Gasteiger partial charge in [0.1, 0.15) is 0 Å². The molecule has 1 spiro atoms. The van der Waals surface area contributed by atoms with Gasteiger partial charge in [0.05, 0.1) is 0 Å². The molecule has 0 aromatic heterocycles. The molecule has 22 heavy (non-hydrogen) atoms. The van der Waals surface area contributed by atoms with Crippen molar-refractivity contribution in [3.05, 3.63) is 35.4 Å². The SMILES string of the molecule is Cl.NCC1CCCC1NC(=O)C1CC12CCc1ccccc12. The number of halogens is 1. The highest BCUT2D eigenvalue weighted by atomic mass is 35.5. The number of nitrogens with two attached hydrogens (primary N) is 1. The predicted molar refractivity (Wildman–Crippen MR) is 90.1 cm³/mol. The lowest BCUT2D eigenvalue weighted by Gasteiger charge is -2.20. The van der Waals surface area contributed by atoms with Crippen LogP contribution in [-0.4, -0.2) is 18.5 Å². The summed E-state index contributed by atoms with van der Waals surface area (Å²) in [6.07, 6.45) is 6.79. The number of hydrogen-bond acceptors (Lipinski definition) is 2. The largest absolute Gasteiger partial charge is 0.353 e. The molecule has 0 saturated heterocycles. The Morgan fingerprint density at radius 2 is 2.14 bits per heavy atom. The molecule has 3 N–H and O–H groups in total. The van der Waals surface area contributed by atoms with Crippen molar-refractivity contribution in [1.82, 2.24) is 5.32 Å². The standard InChI is InChI=1S/C18H24N2O.ClH/c19-11-13-5-3-7-16(13)20-17(21)15-10-18(15)9-8-12-4-1-2-6-14(12)18;/h1-2,4,6,13,15-16H,3,5,7-11,19H2,(H,20,21);1H. The van der Waals surface area contributed by atoms with Gasteiger partial charge in [0.2, 0.25) is 5.91 Å². The van der Waals surface area contributed by atoms with Crippen molar-refractivity contribution in [3.63, 3.8) is 0 Å². The van der Waals surface area contributed by atoms with E-state index in [0.717, 1.165) is 25.7 Å². The Morgan fingerprint density at radius 1 is 1.32 bits per heavy atom. The van der Waals surface area contributed by atoms with Gasteiger partial charge < -0.3 is 11.1 Å². The van der Waals surface area contributed by atoms with Crippen LogP contribution in [0.5, 0.6) is 0 Å². The molecule has 0 bridgehead atoms. The van der Waals surface area contributed by atoms with Gasteiger partial charge in [0.25, 0.3) is 0 Å². The number of aryl methyl sites for hydroxylation is 1. The third-order valence-electron chi connectivity index (χ3n) is 6.08. The van der Waals surface area contributed by atoms with Gasteiger partial charge in [-0.25, -0.2) is 0 Å². The summed E-state index contributed by atoms with van der Waals surface area (Å²) in [5.74, 6) is 0.955. The summed E-state index contributed by atoms with van der Waals surface area (Å²) in [5.41, 5.74) is 8.87. The maximum Gasteiger partial charge on any atom is 0.224 e. The van der Waals surface area contributed by atoms with Gasteiger partial charge in [-0.1, -0.05) is 30.7 Å². The molecule has 4 atom stereocenters.